The minimum Gasteiger partial charge on any atom is -0.367 e. The lowest BCUT2D eigenvalue weighted by atomic mass is 10.1. The number of aliphatic hydroxyl groups excluding tert-OH is 1. The Kier molecular flexibility index (Phi) is 10.9. The molecule has 80 valence electrons. The van der Waals surface area contributed by atoms with Gasteiger partial charge in [-0.2, -0.15) is 0 Å². The summed E-state index contributed by atoms with van der Waals surface area (Å²) in [6.45, 7) is 0. The fourth-order valence-corrected chi connectivity index (χ4v) is 2.67. The van der Waals surface area contributed by atoms with Crippen molar-refractivity contribution in [1.29, 1.82) is 0 Å². The molecule has 0 aliphatic carbocycles. The Hall–Kier alpha value is 2.11. The molecule has 0 aromatic carbocycles. The molecule has 0 aromatic heterocycles. The molecular weight excluding hydrogens is 509 g/mol. The molecule has 0 bridgehead atoms. The van der Waals surface area contributed by atoms with E-state index in [0.717, 1.165) is 6.42 Å². The summed E-state index contributed by atoms with van der Waals surface area (Å²) in [4.78, 5) is 0. The van der Waals surface area contributed by atoms with E-state index in [1.165, 1.54) is 23.7 Å². The third-order valence-corrected chi connectivity index (χ3v) is 6.79. The van der Waals surface area contributed by atoms with Crippen molar-refractivity contribution in [2.75, 3.05) is 4.43 Å². The maximum atomic E-state index is 8.94. The lowest BCUT2D eigenvalue weighted by molar-refractivity contribution is -0.0361. The van der Waals surface area contributed by atoms with Crippen LogP contribution in [0.15, 0.2) is 0 Å². The average Bonchev–Trinajstić information content (AvgIpc) is 2.10. The molecule has 0 heterocycles. The zero-order chi connectivity index (χ0) is 10.3. The van der Waals surface area contributed by atoms with Crippen molar-refractivity contribution in [3.05, 3.63) is 0 Å². The second kappa shape index (κ2) is 9.34. The molecule has 0 saturated carbocycles. The van der Waals surface area contributed by atoms with Gasteiger partial charge in [0, 0.05) is 3.92 Å². The van der Waals surface area contributed by atoms with E-state index < -0.39 is 6.29 Å². The van der Waals surface area contributed by atoms with Crippen LogP contribution in [0.3, 0.4) is 0 Å². The number of halogens is 3. The number of unbranched alkanes of at least 4 members (excludes halogenated alkanes) is 2. The third kappa shape index (κ3) is 7.97. The maximum absolute atomic E-state index is 8.94. The molecule has 0 aliphatic heterocycles. The van der Waals surface area contributed by atoms with Gasteiger partial charge in [-0.25, -0.2) is 0 Å². The van der Waals surface area contributed by atoms with E-state index in [1.807, 2.05) is 0 Å². The van der Waals surface area contributed by atoms with Crippen LogP contribution in [-0.4, -0.2) is 28.8 Å². The molecule has 0 fully saturated rings. The van der Waals surface area contributed by atoms with Crippen molar-refractivity contribution in [2.45, 2.75) is 39.8 Å². The normalized spacial score (nSPS) is 16.2. The summed E-state index contributed by atoms with van der Waals surface area (Å²) < 4.78 is 1.55. The van der Waals surface area contributed by atoms with Gasteiger partial charge in [-0.3, -0.25) is 0 Å². The fourth-order valence-electron chi connectivity index (χ4n) is 0.957. The second-order valence-electron chi connectivity index (χ2n) is 2.91. The van der Waals surface area contributed by atoms with Crippen molar-refractivity contribution in [1.82, 2.24) is 0 Å². The van der Waals surface area contributed by atoms with Crippen LogP contribution in [0.25, 0.3) is 0 Å². The van der Waals surface area contributed by atoms with Gasteiger partial charge >= 0.3 is 0 Å². The van der Waals surface area contributed by atoms with Crippen molar-refractivity contribution < 1.29 is 10.2 Å². The Morgan fingerprint density at radius 2 is 1.62 bits per heavy atom. The average molecular weight is 524 g/mol. The van der Waals surface area contributed by atoms with Gasteiger partial charge in [-0.15, -0.1) is 0 Å². The predicted octanol–water partition coefficient (Wildman–Crippen LogP) is 2.90. The van der Waals surface area contributed by atoms with E-state index in [9.17, 15) is 0 Å². The summed E-state index contributed by atoms with van der Waals surface area (Å²) in [5, 5.41) is 17.9. The Bertz CT molecular complexity index is 122. The molecule has 2 unspecified atom stereocenters. The van der Waals surface area contributed by atoms with Crippen LogP contribution in [0.4, 0.5) is 0 Å². The van der Waals surface area contributed by atoms with Crippen LogP contribution in [0, 0.1) is 0 Å². The zero-order valence-electron chi connectivity index (χ0n) is 7.30. The monoisotopic (exact) mass is 524 g/mol. The quantitative estimate of drug-likeness (QED) is 0.233. The Morgan fingerprint density at radius 1 is 1.00 bits per heavy atom. The molecule has 0 aromatic rings. The molecular formula is C8H15I3O2. The first-order chi connectivity index (χ1) is 6.09. The topological polar surface area (TPSA) is 40.5 Å². The van der Waals surface area contributed by atoms with E-state index >= 15 is 0 Å². The summed E-state index contributed by atoms with van der Waals surface area (Å²) >= 11 is 6.80. The van der Waals surface area contributed by atoms with Gasteiger partial charge in [0.15, 0.2) is 6.29 Å². The van der Waals surface area contributed by atoms with Gasteiger partial charge in [0.1, 0.15) is 0 Å². The molecule has 0 spiro atoms. The van der Waals surface area contributed by atoms with Crippen LogP contribution in [0.1, 0.15) is 25.7 Å². The van der Waals surface area contributed by atoms with E-state index in [1.54, 1.807) is 0 Å². The minimum absolute atomic E-state index is 0.0437. The highest BCUT2D eigenvalue weighted by Gasteiger charge is 2.21. The molecule has 0 rings (SSSR count). The largest absolute Gasteiger partial charge is 0.367 e. The lowest BCUT2D eigenvalue weighted by Gasteiger charge is -2.18. The molecule has 0 radical (unpaired) electrons. The van der Waals surface area contributed by atoms with Gasteiger partial charge in [0.05, 0.1) is 3.92 Å². The number of alkyl halides is 3. The first-order valence-electron chi connectivity index (χ1n) is 4.30. The maximum Gasteiger partial charge on any atom is 0.164 e. The summed E-state index contributed by atoms with van der Waals surface area (Å²) in [6, 6.07) is 0. The number of hydrogen-bond acceptors (Lipinski definition) is 2. The Morgan fingerprint density at radius 3 is 2.08 bits per heavy atom. The van der Waals surface area contributed by atoms with Crippen LogP contribution in [0.2, 0.25) is 0 Å². The van der Waals surface area contributed by atoms with Gasteiger partial charge < -0.3 is 10.2 Å². The zero-order valence-corrected chi connectivity index (χ0v) is 13.8. The van der Waals surface area contributed by atoms with Gasteiger partial charge in [0.2, 0.25) is 0 Å². The number of aliphatic hydroxyl groups is 2. The van der Waals surface area contributed by atoms with E-state index in [0.29, 0.717) is 3.92 Å². The highest BCUT2D eigenvalue weighted by Crippen LogP contribution is 2.23. The minimum atomic E-state index is -1.17. The predicted molar refractivity (Wildman–Crippen MR) is 81.2 cm³/mol. The van der Waals surface area contributed by atoms with Crippen molar-refractivity contribution >= 4 is 67.8 Å². The molecule has 0 aliphatic rings. The lowest BCUT2D eigenvalue weighted by Crippen LogP contribution is -2.28. The van der Waals surface area contributed by atoms with Crippen molar-refractivity contribution in [3.8, 4) is 0 Å². The number of hydrogen-bond donors (Lipinski definition) is 2. The van der Waals surface area contributed by atoms with Gasteiger partial charge in [-0.05, 0) is 17.3 Å². The molecule has 2 atom stereocenters. The molecule has 5 heteroatoms. The third-order valence-electron chi connectivity index (χ3n) is 1.74. The molecule has 2 nitrogen and oxygen atoms in total. The highest BCUT2D eigenvalue weighted by atomic mass is 127. The van der Waals surface area contributed by atoms with E-state index in [4.69, 9.17) is 10.2 Å². The Balaban J connectivity index is 3.44. The molecule has 0 saturated heterocycles. The number of rotatable bonds is 7. The van der Waals surface area contributed by atoms with Crippen LogP contribution >= 0.6 is 67.8 Å². The fraction of sp³-hybridized carbons (Fsp3) is 1.00. The highest BCUT2D eigenvalue weighted by molar-refractivity contribution is 14.1. The Labute approximate surface area is 121 Å². The summed E-state index contributed by atoms with van der Waals surface area (Å²) in [7, 11) is 0. The summed E-state index contributed by atoms with van der Waals surface area (Å²) in [5.41, 5.74) is 0. The van der Waals surface area contributed by atoms with E-state index in [2.05, 4.69) is 67.8 Å². The van der Waals surface area contributed by atoms with Crippen LogP contribution < -0.4 is 0 Å². The SMILES string of the molecule is OC(O)C(I)C(I)CCCCCI. The van der Waals surface area contributed by atoms with Crippen LogP contribution in [0.5, 0.6) is 0 Å². The van der Waals surface area contributed by atoms with Crippen LogP contribution in [-0.2, 0) is 0 Å². The summed E-state index contributed by atoms with van der Waals surface area (Å²) in [5.74, 6) is 0. The van der Waals surface area contributed by atoms with Crippen molar-refractivity contribution in [2.24, 2.45) is 0 Å². The first-order valence-corrected chi connectivity index (χ1v) is 8.31. The molecule has 2 N–H and O–H groups in total. The standard InChI is InChI=1S/C8H15I3O2/c9-5-3-1-2-4-6(10)7(11)8(12)13/h6-8,12-13H,1-5H2. The van der Waals surface area contributed by atoms with E-state index in [-0.39, 0.29) is 3.92 Å². The smallest absolute Gasteiger partial charge is 0.164 e. The van der Waals surface area contributed by atoms with Crippen molar-refractivity contribution in [3.63, 3.8) is 0 Å². The van der Waals surface area contributed by atoms with Gasteiger partial charge in [-0.1, -0.05) is 80.6 Å². The molecule has 13 heavy (non-hydrogen) atoms. The second-order valence-corrected chi connectivity index (χ2v) is 7.03. The van der Waals surface area contributed by atoms with Gasteiger partial charge in [0.25, 0.3) is 0 Å². The first kappa shape index (κ1) is 15.1. The molecule has 0 amide bonds. The summed E-state index contributed by atoms with van der Waals surface area (Å²) in [6.07, 6.45) is 3.64.